The van der Waals surface area contributed by atoms with Gasteiger partial charge in [-0.05, 0) is 30.2 Å². The summed E-state index contributed by atoms with van der Waals surface area (Å²) in [5.41, 5.74) is 7.72. The summed E-state index contributed by atoms with van der Waals surface area (Å²) in [6.45, 7) is 2.51. The maximum atomic E-state index is 5.68. The van der Waals surface area contributed by atoms with Gasteiger partial charge in [0.05, 0.1) is 0 Å². The van der Waals surface area contributed by atoms with Crippen molar-refractivity contribution < 1.29 is 4.74 Å². The van der Waals surface area contributed by atoms with E-state index in [2.05, 4.69) is 4.98 Å². The Morgan fingerprint density at radius 2 is 2.12 bits per heavy atom. The number of hydrogen-bond donors (Lipinski definition) is 1. The van der Waals surface area contributed by atoms with Crippen molar-refractivity contribution >= 4 is 0 Å². The van der Waals surface area contributed by atoms with E-state index >= 15 is 0 Å². The maximum Gasteiger partial charge on any atom is 0.219 e. The van der Waals surface area contributed by atoms with Crippen LogP contribution in [0.1, 0.15) is 11.1 Å². The Balaban J connectivity index is 2.27. The van der Waals surface area contributed by atoms with Gasteiger partial charge < -0.3 is 10.5 Å². The molecule has 0 atom stereocenters. The van der Waals surface area contributed by atoms with Crippen LogP contribution in [0.2, 0.25) is 0 Å². The lowest BCUT2D eigenvalue weighted by Gasteiger charge is -2.08. The van der Waals surface area contributed by atoms with Crippen LogP contribution in [0.4, 0.5) is 0 Å². The number of benzene rings is 1. The minimum absolute atomic E-state index is 0.513. The predicted molar refractivity (Wildman–Crippen MR) is 63.4 cm³/mol. The molecule has 1 heterocycles. The Hall–Kier alpha value is -1.87. The van der Waals surface area contributed by atoms with Gasteiger partial charge in [-0.3, -0.25) is 0 Å². The minimum Gasteiger partial charge on any atom is -0.439 e. The fourth-order valence-electron chi connectivity index (χ4n) is 1.40. The number of aryl methyl sites for hydroxylation is 1. The summed E-state index contributed by atoms with van der Waals surface area (Å²) < 4.78 is 5.68. The molecule has 0 radical (unpaired) electrons. The molecule has 2 N–H and O–H groups in total. The van der Waals surface area contributed by atoms with Gasteiger partial charge in [0.2, 0.25) is 5.88 Å². The van der Waals surface area contributed by atoms with Crippen LogP contribution in [0, 0.1) is 6.92 Å². The van der Waals surface area contributed by atoms with E-state index < -0.39 is 0 Å². The molecule has 0 amide bonds. The molecule has 3 heteroatoms. The van der Waals surface area contributed by atoms with Gasteiger partial charge in [-0.2, -0.15) is 0 Å². The Morgan fingerprint density at radius 1 is 1.25 bits per heavy atom. The van der Waals surface area contributed by atoms with Gasteiger partial charge in [-0.1, -0.05) is 18.2 Å². The SMILES string of the molecule is Cc1ccc(CN)cc1Oc1ccccn1. The summed E-state index contributed by atoms with van der Waals surface area (Å²) in [7, 11) is 0. The van der Waals surface area contributed by atoms with E-state index in [0.29, 0.717) is 12.4 Å². The Bertz CT molecular complexity index is 469. The van der Waals surface area contributed by atoms with Gasteiger partial charge in [-0.15, -0.1) is 0 Å². The second-order valence-electron chi connectivity index (χ2n) is 3.57. The zero-order chi connectivity index (χ0) is 11.4. The molecule has 0 fully saturated rings. The Morgan fingerprint density at radius 3 is 2.81 bits per heavy atom. The van der Waals surface area contributed by atoms with Gasteiger partial charge in [0.1, 0.15) is 5.75 Å². The Labute approximate surface area is 94.9 Å². The molecule has 1 aromatic carbocycles. The molecule has 0 unspecified atom stereocenters. The lowest BCUT2D eigenvalue weighted by Crippen LogP contribution is -1.97. The second-order valence-corrected chi connectivity index (χ2v) is 3.57. The number of hydrogen-bond acceptors (Lipinski definition) is 3. The highest BCUT2D eigenvalue weighted by atomic mass is 16.5. The van der Waals surface area contributed by atoms with Gasteiger partial charge in [0.25, 0.3) is 0 Å². The van der Waals surface area contributed by atoms with E-state index in [0.717, 1.165) is 16.9 Å². The summed E-state index contributed by atoms with van der Waals surface area (Å²) in [5, 5.41) is 0. The van der Waals surface area contributed by atoms with Crippen molar-refractivity contribution in [1.82, 2.24) is 4.98 Å². The summed E-state index contributed by atoms with van der Waals surface area (Å²) in [6, 6.07) is 11.5. The maximum absolute atomic E-state index is 5.68. The standard InChI is InChI=1S/C13H14N2O/c1-10-5-6-11(9-14)8-12(10)16-13-4-2-3-7-15-13/h2-8H,9,14H2,1H3. The van der Waals surface area contributed by atoms with Crippen molar-refractivity contribution in [2.24, 2.45) is 5.73 Å². The molecule has 16 heavy (non-hydrogen) atoms. The third-order valence-corrected chi connectivity index (χ3v) is 2.34. The average molecular weight is 214 g/mol. The predicted octanol–water partition coefficient (Wildman–Crippen LogP) is 2.64. The minimum atomic E-state index is 0.513. The molecule has 2 rings (SSSR count). The van der Waals surface area contributed by atoms with Crippen molar-refractivity contribution in [2.75, 3.05) is 0 Å². The van der Waals surface area contributed by atoms with Gasteiger partial charge in [-0.25, -0.2) is 4.98 Å². The number of rotatable bonds is 3. The highest BCUT2D eigenvalue weighted by Gasteiger charge is 2.02. The number of nitrogens with zero attached hydrogens (tertiary/aromatic N) is 1. The van der Waals surface area contributed by atoms with Crippen molar-refractivity contribution in [3.05, 3.63) is 53.7 Å². The monoisotopic (exact) mass is 214 g/mol. The van der Waals surface area contributed by atoms with Crippen LogP contribution in [-0.2, 0) is 6.54 Å². The molecular formula is C13H14N2O. The van der Waals surface area contributed by atoms with Crippen LogP contribution in [-0.4, -0.2) is 4.98 Å². The van der Waals surface area contributed by atoms with Crippen molar-refractivity contribution in [3.8, 4) is 11.6 Å². The van der Waals surface area contributed by atoms with Crippen LogP contribution in [0.15, 0.2) is 42.6 Å². The smallest absolute Gasteiger partial charge is 0.219 e. The first-order chi connectivity index (χ1) is 7.79. The molecule has 0 saturated heterocycles. The van der Waals surface area contributed by atoms with Gasteiger partial charge >= 0.3 is 0 Å². The fourth-order valence-corrected chi connectivity index (χ4v) is 1.40. The summed E-state index contributed by atoms with van der Waals surface area (Å²) >= 11 is 0. The van der Waals surface area contributed by atoms with Crippen LogP contribution >= 0.6 is 0 Å². The average Bonchev–Trinajstić information content (AvgIpc) is 2.33. The molecular weight excluding hydrogens is 200 g/mol. The molecule has 0 bridgehead atoms. The number of ether oxygens (including phenoxy) is 1. The molecule has 3 nitrogen and oxygen atoms in total. The first-order valence-electron chi connectivity index (χ1n) is 5.18. The first-order valence-corrected chi connectivity index (χ1v) is 5.18. The molecule has 0 aliphatic rings. The molecule has 0 aliphatic heterocycles. The van der Waals surface area contributed by atoms with E-state index in [1.165, 1.54) is 0 Å². The number of nitrogens with two attached hydrogens (primary N) is 1. The molecule has 0 aliphatic carbocycles. The van der Waals surface area contributed by atoms with E-state index in [4.69, 9.17) is 10.5 Å². The van der Waals surface area contributed by atoms with Crippen molar-refractivity contribution in [3.63, 3.8) is 0 Å². The first kappa shape index (κ1) is 10.6. The normalized spacial score (nSPS) is 10.1. The zero-order valence-electron chi connectivity index (χ0n) is 9.18. The summed E-state index contributed by atoms with van der Waals surface area (Å²) in [4.78, 5) is 4.12. The molecule has 0 saturated carbocycles. The topological polar surface area (TPSA) is 48.1 Å². The van der Waals surface area contributed by atoms with Crippen LogP contribution in [0.3, 0.4) is 0 Å². The van der Waals surface area contributed by atoms with E-state index in [9.17, 15) is 0 Å². The molecule has 1 aromatic heterocycles. The lowest BCUT2D eigenvalue weighted by atomic mass is 10.1. The van der Waals surface area contributed by atoms with E-state index in [1.54, 1.807) is 6.20 Å². The number of aromatic nitrogens is 1. The third-order valence-electron chi connectivity index (χ3n) is 2.34. The number of pyridine rings is 1. The summed E-state index contributed by atoms with van der Waals surface area (Å²) in [5.74, 6) is 1.40. The second kappa shape index (κ2) is 4.77. The van der Waals surface area contributed by atoms with E-state index in [1.807, 2.05) is 43.3 Å². The lowest BCUT2D eigenvalue weighted by molar-refractivity contribution is 0.459. The zero-order valence-corrected chi connectivity index (χ0v) is 9.18. The van der Waals surface area contributed by atoms with Crippen LogP contribution in [0.5, 0.6) is 11.6 Å². The van der Waals surface area contributed by atoms with Crippen LogP contribution < -0.4 is 10.5 Å². The van der Waals surface area contributed by atoms with Gasteiger partial charge in [0, 0.05) is 18.8 Å². The van der Waals surface area contributed by atoms with Gasteiger partial charge in [0.15, 0.2) is 0 Å². The third kappa shape index (κ3) is 2.38. The van der Waals surface area contributed by atoms with Crippen molar-refractivity contribution in [2.45, 2.75) is 13.5 Å². The quantitative estimate of drug-likeness (QED) is 0.854. The summed E-state index contributed by atoms with van der Waals surface area (Å²) in [6.07, 6.45) is 1.71. The fraction of sp³-hybridized carbons (Fsp3) is 0.154. The Kier molecular flexibility index (Phi) is 3.17. The van der Waals surface area contributed by atoms with Crippen molar-refractivity contribution in [1.29, 1.82) is 0 Å². The molecule has 0 spiro atoms. The highest BCUT2D eigenvalue weighted by Crippen LogP contribution is 2.24. The largest absolute Gasteiger partial charge is 0.439 e. The van der Waals surface area contributed by atoms with Crippen LogP contribution in [0.25, 0.3) is 0 Å². The van der Waals surface area contributed by atoms with E-state index in [-0.39, 0.29) is 0 Å². The molecule has 2 aromatic rings. The molecule has 82 valence electrons. The highest BCUT2D eigenvalue weighted by molar-refractivity contribution is 5.38.